The van der Waals surface area contributed by atoms with Gasteiger partial charge >= 0.3 is 5.97 Å². The van der Waals surface area contributed by atoms with Crippen LogP contribution >= 0.6 is 11.3 Å². The van der Waals surface area contributed by atoms with Crippen LogP contribution in [0.2, 0.25) is 0 Å². The number of esters is 1. The topological polar surface area (TPSA) is 64.4 Å². The predicted molar refractivity (Wildman–Crippen MR) is 102 cm³/mol. The quantitative estimate of drug-likeness (QED) is 0.645. The Balaban J connectivity index is 1.81. The number of fused-ring (bicyclic) bond motifs is 1. The highest BCUT2D eigenvalue weighted by atomic mass is 32.1. The maximum Gasteiger partial charge on any atom is 0.348 e. The number of thiophene rings is 1. The first-order valence-electron chi connectivity index (χ1n) is 8.36. The van der Waals surface area contributed by atoms with Crippen molar-refractivity contribution in [3.8, 4) is 5.69 Å². The fourth-order valence-electron chi connectivity index (χ4n) is 2.48. The number of aromatic nitrogens is 2. The highest BCUT2D eigenvalue weighted by Gasteiger charge is 2.20. The third kappa shape index (κ3) is 3.48. The lowest BCUT2D eigenvalue weighted by Gasteiger charge is -2.20. The zero-order valence-electron chi connectivity index (χ0n) is 15.2. The van der Waals surface area contributed by atoms with E-state index in [-0.39, 0.29) is 18.6 Å². The van der Waals surface area contributed by atoms with Crippen molar-refractivity contribution in [2.45, 2.75) is 26.8 Å². The molecule has 136 valence electrons. The van der Waals surface area contributed by atoms with Gasteiger partial charge in [-0.25, -0.2) is 9.48 Å². The van der Waals surface area contributed by atoms with Crippen LogP contribution in [0.5, 0.6) is 0 Å². The second kappa shape index (κ2) is 7.29. The number of likely N-dealkylation sites (N-methyl/N-ethyl adjacent to an activating group) is 1. The maximum absolute atomic E-state index is 12.4. The zero-order valence-corrected chi connectivity index (χ0v) is 16.0. The summed E-state index contributed by atoms with van der Waals surface area (Å²) in [6, 6.07) is 11.6. The average molecular weight is 371 g/mol. The van der Waals surface area contributed by atoms with Crippen molar-refractivity contribution in [1.29, 1.82) is 0 Å². The van der Waals surface area contributed by atoms with E-state index in [4.69, 9.17) is 4.74 Å². The van der Waals surface area contributed by atoms with Gasteiger partial charge in [0.1, 0.15) is 9.71 Å². The minimum atomic E-state index is -0.490. The summed E-state index contributed by atoms with van der Waals surface area (Å²) >= 11 is 1.32. The summed E-state index contributed by atoms with van der Waals surface area (Å²) in [5.74, 6) is -0.711. The number of para-hydroxylation sites is 1. The molecule has 1 amide bonds. The molecule has 7 heteroatoms. The molecule has 2 heterocycles. The van der Waals surface area contributed by atoms with Gasteiger partial charge in [0.05, 0.1) is 11.4 Å². The van der Waals surface area contributed by atoms with Crippen molar-refractivity contribution in [2.75, 3.05) is 13.7 Å². The standard InChI is InChI=1S/C19H21N3O3S/c1-12(2)21(4)17(23)11-25-19(24)16-10-15-13(3)20-22(18(15)26-16)14-8-6-5-7-9-14/h5-10,12H,11H2,1-4H3. The first kappa shape index (κ1) is 18.1. The van der Waals surface area contributed by atoms with Gasteiger partial charge in [-0.2, -0.15) is 5.10 Å². The van der Waals surface area contributed by atoms with E-state index >= 15 is 0 Å². The molecule has 26 heavy (non-hydrogen) atoms. The number of amides is 1. The van der Waals surface area contributed by atoms with Gasteiger partial charge in [0.15, 0.2) is 6.61 Å². The monoisotopic (exact) mass is 371 g/mol. The first-order valence-corrected chi connectivity index (χ1v) is 9.17. The zero-order chi connectivity index (χ0) is 18.8. The molecule has 0 saturated heterocycles. The third-order valence-corrected chi connectivity index (χ3v) is 5.33. The van der Waals surface area contributed by atoms with Crippen molar-refractivity contribution in [3.63, 3.8) is 0 Å². The SMILES string of the molecule is Cc1nn(-c2ccccc2)c2sc(C(=O)OCC(=O)N(C)C(C)C)cc12. The number of carbonyl (C=O) groups excluding carboxylic acids is 2. The van der Waals surface area contributed by atoms with E-state index in [2.05, 4.69) is 5.10 Å². The number of hydrogen-bond acceptors (Lipinski definition) is 5. The van der Waals surface area contributed by atoms with Gasteiger partial charge in [0, 0.05) is 18.5 Å². The molecule has 6 nitrogen and oxygen atoms in total. The molecule has 0 radical (unpaired) electrons. The molecule has 0 bridgehead atoms. The smallest absolute Gasteiger partial charge is 0.348 e. The Bertz CT molecular complexity index is 944. The fraction of sp³-hybridized carbons (Fsp3) is 0.316. The van der Waals surface area contributed by atoms with Gasteiger partial charge in [-0.15, -0.1) is 11.3 Å². The molecular formula is C19H21N3O3S. The number of aryl methyl sites for hydroxylation is 1. The molecule has 0 aliphatic carbocycles. The molecule has 2 aromatic heterocycles. The minimum absolute atomic E-state index is 0.0602. The molecule has 0 spiro atoms. The average Bonchev–Trinajstić information content (AvgIpc) is 3.20. The summed E-state index contributed by atoms with van der Waals surface area (Å²) in [6.45, 7) is 5.46. The van der Waals surface area contributed by atoms with E-state index in [1.807, 2.05) is 55.8 Å². The van der Waals surface area contributed by atoms with Gasteiger partial charge in [0.25, 0.3) is 5.91 Å². The normalized spacial score (nSPS) is 11.1. The van der Waals surface area contributed by atoms with E-state index in [0.29, 0.717) is 4.88 Å². The highest BCUT2D eigenvalue weighted by Crippen LogP contribution is 2.30. The molecule has 3 aromatic rings. The Morgan fingerprint density at radius 1 is 1.27 bits per heavy atom. The molecule has 0 fully saturated rings. The summed E-state index contributed by atoms with van der Waals surface area (Å²) in [7, 11) is 1.69. The second-order valence-electron chi connectivity index (χ2n) is 6.34. The van der Waals surface area contributed by atoms with Crippen molar-refractivity contribution in [3.05, 3.63) is 47.0 Å². The predicted octanol–water partition coefficient (Wildman–Crippen LogP) is 3.42. The molecule has 0 N–H and O–H groups in total. The Morgan fingerprint density at radius 3 is 2.62 bits per heavy atom. The van der Waals surface area contributed by atoms with Crippen LogP contribution in [0.4, 0.5) is 0 Å². The maximum atomic E-state index is 12.4. The van der Waals surface area contributed by atoms with Crippen molar-refractivity contribution in [1.82, 2.24) is 14.7 Å². The Kier molecular flexibility index (Phi) is 5.08. The van der Waals surface area contributed by atoms with Crippen LogP contribution in [0.15, 0.2) is 36.4 Å². The van der Waals surface area contributed by atoms with E-state index in [9.17, 15) is 9.59 Å². The van der Waals surface area contributed by atoms with Gasteiger partial charge in [0.2, 0.25) is 0 Å². The Hall–Kier alpha value is -2.67. The van der Waals surface area contributed by atoms with Gasteiger partial charge in [-0.05, 0) is 39.0 Å². The lowest BCUT2D eigenvalue weighted by atomic mass is 10.3. The van der Waals surface area contributed by atoms with E-state index in [0.717, 1.165) is 21.6 Å². The van der Waals surface area contributed by atoms with Crippen LogP contribution in [0.25, 0.3) is 15.9 Å². The van der Waals surface area contributed by atoms with Crippen LogP contribution in [0.1, 0.15) is 29.2 Å². The number of nitrogens with zero attached hydrogens (tertiary/aromatic N) is 3. The number of hydrogen-bond donors (Lipinski definition) is 0. The molecule has 3 rings (SSSR count). The summed E-state index contributed by atoms with van der Waals surface area (Å²) in [6.07, 6.45) is 0. The van der Waals surface area contributed by atoms with Crippen LogP contribution in [0.3, 0.4) is 0 Å². The molecule has 0 saturated carbocycles. The van der Waals surface area contributed by atoms with Crippen molar-refractivity contribution < 1.29 is 14.3 Å². The summed E-state index contributed by atoms with van der Waals surface area (Å²) in [5.41, 5.74) is 1.77. The molecule has 0 aliphatic rings. The van der Waals surface area contributed by atoms with Crippen LogP contribution in [-0.4, -0.2) is 46.3 Å². The van der Waals surface area contributed by atoms with Gasteiger partial charge in [-0.1, -0.05) is 18.2 Å². The van der Waals surface area contributed by atoms with Crippen molar-refractivity contribution in [2.24, 2.45) is 0 Å². The summed E-state index contributed by atoms with van der Waals surface area (Å²) in [4.78, 5) is 27.2. The lowest BCUT2D eigenvalue weighted by Crippen LogP contribution is -2.36. The van der Waals surface area contributed by atoms with Gasteiger partial charge < -0.3 is 9.64 Å². The third-order valence-electron chi connectivity index (χ3n) is 4.24. The van der Waals surface area contributed by atoms with E-state index < -0.39 is 5.97 Å². The molecule has 0 aliphatic heterocycles. The molecule has 0 unspecified atom stereocenters. The van der Waals surface area contributed by atoms with E-state index in [1.165, 1.54) is 11.3 Å². The minimum Gasteiger partial charge on any atom is -0.451 e. The lowest BCUT2D eigenvalue weighted by molar-refractivity contribution is -0.134. The Labute approximate surface area is 156 Å². The molecule has 0 atom stereocenters. The number of carbonyl (C=O) groups is 2. The fourth-order valence-corrected chi connectivity index (χ4v) is 3.56. The largest absolute Gasteiger partial charge is 0.451 e. The van der Waals surface area contributed by atoms with Crippen LogP contribution in [-0.2, 0) is 9.53 Å². The van der Waals surface area contributed by atoms with Gasteiger partial charge in [-0.3, -0.25) is 4.79 Å². The first-order chi connectivity index (χ1) is 12.4. The van der Waals surface area contributed by atoms with E-state index in [1.54, 1.807) is 18.0 Å². The second-order valence-corrected chi connectivity index (χ2v) is 7.37. The van der Waals surface area contributed by atoms with Crippen LogP contribution in [0, 0.1) is 6.92 Å². The number of benzene rings is 1. The van der Waals surface area contributed by atoms with Crippen molar-refractivity contribution >= 4 is 33.4 Å². The van der Waals surface area contributed by atoms with Crippen LogP contribution < -0.4 is 0 Å². The molecule has 1 aromatic carbocycles. The summed E-state index contributed by atoms with van der Waals surface area (Å²) < 4.78 is 7.02. The number of ether oxygens (including phenoxy) is 1. The number of rotatable bonds is 5. The summed E-state index contributed by atoms with van der Waals surface area (Å²) in [5, 5.41) is 5.46. The molecular weight excluding hydrogens is 350 g/mol. The highest BCUT2D eigenvalue weighted by molar-refractivity contribution is 7.20. The Morgan fingerprint density at radius 2 is 1.96 bits per heavy atom.